The van der Waals surface area contributed by atoms with Crippen molar-refractivity contribution in [3.05, 3.63) is 102 Å². The van der Waals surface area contributed by atoms with Gasteiger partial charge >= 0.3 is 6.09 Å². The largest absolute Gasteiger partial charge is 0.465 e. The minimum absolute atomic E-state index is 0.00318. The number of carboxylic acid groups (broad SMARTS) is 1. The Morgan fingerprint density at radius 2 is 1.50 bits per heavy atom. The highest BCUT2D eigenvalue weighted by Gasteiger charge is 2.48. The summed E-state index contributed by atoms with van der Waals surface area (Å²) in [4.78, 5) is 17.9. The van der Waals surface area contributed by atoms with Crippen molar-refractivity contribution in [2.24, 2.45) is 4.99 Å². The van der Waals surface area contributed by atoms with Crippen molar-refractivity contribution in [2.75, 3.05) is 6.54 Å². The van der Waals surface area contributed by atoms with Crippen LogP contribution in [-0.2, 0) is 4.74 Å². The van der Waals surface area contributed by atoms with Gasteiger partial charge in [-0.25, -0.2) is 9.79 Å². The second kappa shape index (κ2) is 7.76. The number of amides is 1. The molecule has 5 heteroatoms. The Labute approximate surface area is 175 Å². The van der Waals surface area contributed by atoms with Crippen molar-refractivity contribution >= 4 is 17.5 Å². The Balaban J connectivity index is 1.44. The predicted octanol–water partition coefficient (Wildman–Crippen LogP) is 5.05. The van der Waals surface area contributed by atoms with E-state index in [0.717, 1.165) is 34.5 Å². The molecule has 0 saturated carbocycles. The number of hydrogen-bond donors (Lipinski definition) is 1. The van der Waals surface area contributed by atoms with E-state index < -0.39 is 6.09 Å². The zero-order valence-electron chi connectivity index (χ0n) is 16.4. The van der Waals surface area contributed by atoms with Gasteiger partial charge < -0.3 is 9.84 Å². The zero-order valence-corrected chi connectivity index (χ0v) is 16.4. The molecule has 3 aromatic rings. The molecule has 0 spiro atoms. The molecular weight excluding hydrogens is 376 g/mol. The Hall–Kier alpha value is -3.44. The summed E-state index contributed by atoms with van der Waals surface area (Å²) in [5.74, 6) is 0. The number of rotatable bonds is 4. The number of ether oxygens (including phenoxy) is 1. The molecule has 0 aliphatic carbocycles. The predicted molar refractivity (Wildman–Crippen MR) is 115 cm³/mol. The van der Waals surface area contributed by atoms with Gasteiger partial charge in [-0.15, -0.1) is 0 Å². The van der Waals surface area contributed by atoms with E-state index in [0.29, 0.717) is 6.54 Å². The van der Waals surface area contributed by atoms with E-state index in [-0.39, 0.29) is 18.2 Å². The van der Waals surface area contributed by atoms with Crippen LogP contribution in [0, 0.1) is 0 Å². The van der Waals surface area contributed by atoms with Crippen LogP contribution in [0.5, 0.6) is 0 Å². The molecule has 5 rings (SSSR count). The van der Waals surface area contributed by atoms with Crippen LogP contribution in [-0.4, -0.2) is 40.5 Å². The van der Waals surface area contributed by atoms with Crippen molar-refractivity contribution in [3.63, 3.8) is 0 Å². The molecule has 30 heavy (non-hydrogen) atoms. The SMILES string of the molecule is O=C(O)N1C[C@H]2C[C@@H]1[C@H](c1ccc(N=C(c3ccccc3)c3ccccc3)cc1)O2. The topological polar surface area (TPSA) is 62.1 Å². The van der Waals surface area contributed by atoms with Crippen molar-refractivity contribution in [1.82, 2.24) is 4.90 Å². The number of benzene rings is 3. The summed E-state index contributed by atoms with van der Waals surface area (Å²) in [7, 11) is 0. The maximum atomic E-state index is 11.5. The standard InChI is InChI=1S/C25H22N2O3/c28-25(29)27-16-21-15-22(27)24(30-21)19-11-13-20(14-12-19)26-23(17-7-3-1-4-8-17)18-9-5-2-6-10-18/h1-14,21-22,24H,15-16H2,(H,28,29)/t21-,22-,24+/m1/s1. The zero-order chi connectivity index (χ0) is 20.5. The Morgan fingerprint density at radius 1 is 0.900 bits per heavy atom. The van der Waals surface area contributed by atoms with Crippen LogP contribution in [0.1, 0.15) is 29.2 Å². The van der Waals surface area contributed by atoms with E-state index in [2.05, 4.69) is 24.3 Å². The fourth-order valence-corrected chi connectivity index (χ4v) is 4.39. The monoisotopic (exact) mass is 398 g/mol. The molecule has 2 bridgehead atoms. The van der Waals surface area contributed by atoms with Gasteiger partial charge in [0, 0.05) is 11.1 Å². The van der Waals surface area contributed by atoms with Gasteiger partial charge in [0.05, 0.1) is 30.1 Å². The number of aliphatic imine (C=N–C) groups is 1. The third-order valence-corrected chi connectivity index (χ3v) is 5.80. The molecule has 3 aromatic carbocycles. The minimum atomic E-state index is -0.868. The van der Waals surface area contributed by atoms with E-state index in [4.69, 9.17) is 9.73 Å². The van der Waals surface area contributed by atoms with E-state index >= 15 is 0 Å². The average Bonchev–Trinajstić information content (AvgIpc) is 3.41. The molecule has 1 amide bonds. The number of morpholine rings is 1. The molecule has 0 unspecified atom stereocenters. The molecular formula is C25H22N2O3. The fraction of sp³-hybridized carbons (Fsp3) is 0.200. The lowest BCUT2D eigenvalue weighted by Gasteiger charge is -2.31. The molecule has 2 aliphatic heterocycles. The van der Waals surface area contributed by atoms with Crippen LogP contribution in [0.4, 0.5) is 10.5 Å². The number of fused-ring (bicyclic) bond motifs is 2. The van der Waals surface area contributed by atoms with E-state index in [1.807, 2.05) is 60.7 Å². The van der Waals surface area contributed by atoms with Crippen LogP contribution in [0.25, 0.3) is 0 Å². The number of hydrogen-bond acceptors (Lipinski definition) is 3. The van der Waals surface area contributed by atoms with Gasteiger partial charge in [0.15, 0.2) is 0 Å². The maximum Gasteiger partial charge on any atom is 0.407 e. The van der Waals surface area contributed by atoms with Crippen molar-refractivity contribution in [2.45, 2.75) is 24.7 Å². The van der Waals surface area contributed by atoms with Gasteiger partial charge in [0.25, 0.3) is 0 Å². The molecule has 2 heterocycles. The second-order valence-corrected chi connectivity index (χ2v) is 7.70. The number of nitrogens with zero attached hydrogens (tertiary/aromatic N) is 2. The van der Waals surface area contributed by atoms with Gasteiger partial charge in [0.2, 0.25) is 0 Å². The second-order valence-electron chi connectivity index (χ2n) is 7.70. The fourth-order valence-electron chi connectivity index (χ4n) is 4.39. The first-order chi connectivity index (χ1) is 14.7. The number of carbonyl (C=O) groups is 1. The highest BCUT2D eigenvalue weighted by molar-refractivity contribution is 6.13. The van der Waals surface area contributed by atoms with Crippen LogP contribution in [0.2, 0.25) is 0 Å². The molecule has 5 nitrogen and oxygen atoms in total. The van der Waals surface area contributed by atoms with Gasteiger partial charge in [-0.05, 0) is 24.1 Å². The first-order valence-corrected chi connectivity index (χ1v) is 10.1. The molecule has 2 aliphatic rings. The van der Waals surface area contributed by atoms with Gasteiger partial charge in [0.1, 0.15) is 6.10 Å². The smallest absolute Gasteiger partial charge is 0.407 e. The maximum absolute atomic E-state index is 11.5. The Morgan fingerprint density at radius 3 is 2.03 bits per heavy atom. The third kappa shape index (κ3) is 3.48. The lowest BCUT2D eigenvalue weighted by atomic mass is 10.0. The van der Waals surface area contributed by atoms with Crippen molar-refractivity contribution < 1.29 is 14.6 Å². The summed E-state index contributed by atoms with van der Waals surface area (Å²) in [6, 6.07) is 28.1. The first-order valence-electron chi connectivity index (χ1n) is 10.1. The Kier molecular flexibility index (Phi) is 4.81. The van der Waals surface area contributed by atoms with Gasteiger partial charge in [-0.3, -0.25) is 4.90 Å². The van der Waals surface area contributed by atoms with Crippen LogP contribution in [0.15, 0.2) is 89.9 Å². The summed E-state index contributed by atoms with van der Waals surface area (Å²) in [6.07, 6.45) is -0.312. The lowest BCUT2D eigenvalue weighted by molar-refractivity contribution is -0.0287. The molecule has 0 radical (unpaired) electrons. The quantitative estimate of drug-likeness (QED) is 0.626. The summed E-state index contributed by atoms with van der Waals surface area (Å²) in [5.41, 5.74) is 4.87. The molecule has 1 N–H and O–H groups in total. The minimum Gasteiger partial charge on any atom is -0.465 e. The molecule has 3 atom stereocenters. The lowest BCUT2D eigenvalue weighted by Crippen LogP contribution is -2.42. The third-order valence-electron chi connectivity index (χ3n) is 5.80. The van der Waals surface area contributed by atoms with Gasteiger partial charge in [-0.1, -0.05) is 72.8 Å². The van der Waals surface area contributed by atoms with Crippen LogP contribution in [0.3, 0.4) is 0 Å². The molecule has 2 saturated heterocycles. The van der Waals surface area contributed by atoms with Crippen molar-refractivity contribution in [1.29, 1.82) is 0 Å². The van der Waals surface area contributed by atoms with Gasteiger partial charge in [-0.2, -0.15) is 0 Å². The van der Waals surface area contributed by atoms with E-state index in [1.54, 1.807) is 0 Å². The summed E-state index contributed by atoms with van der Waals surface area (Å²) in [5, 5.41) is 9.41. The van der Waals surface area contributed by atoms with Crippen LogP contribution >= 0.6 is 0 Å². The first kappa shape index (κ1) is 18.6. The summed E-state index contributed by atoms with van der Waals surface area (Å²) in [6.45, 7) is 0.469. The Bertz CT molecular complexity index is 1020. The molecule has 150 valence electrons. The summed E-state index contributed by atoms with van der Waals surface area (Å²) < 4.78 is 6.05. The molecule has 0 aromatic heterocycles. The summed E-state index contributed by atoms with van der Waals surface area (Å²) >= 11 is 0. The normalized spacial score (nSPS) is 22.1. The highest BCUT2D eigenvalue weighted by atomic mass is 16.5. The van der Waals surface area contributed by atoms with Crippen LogP contribution < -0.4 is 0 Å². The van der Waals surface area contributed by atoms with E-state index in [9.17, 15) is 9.90 Å². The highest BCUT2D eigenvalue weighted by Crippen LogP contribution is 2.42. The van der Waals surface area contributed by atoms with E-state index in [1.165, 1.54) is 4.90 Å². The molecule has 2 fully saturated rings. The average molecular weight is 398 g/mol. The number of likely N-dealkylation sites (tertiary alicyclic amines) is 1. The van der Waals surface area contributed by atoms with Crippen molar-refractivity contribution in [3.8, 4) is 0 Å².